The maximum atomic E-state index is 6.11. The zero-order valence-corrected chi connectivity index (χ0v) is 18.4. The molecule has 26 heavy (non-hydrogen) atoms. The van der Waals surface area contributed by atoms with Gasteiger partial charge in [0.1, 0.15) is 11.9 Å². The number of piperidine rings is 1. The molecule has 6 heteroatoms. The number of para-hydroxylation sites is 1. The van der Waals surface area contributed by atoms with Crippen molar-refractivity contribution in [2.75, 3.05) is 39.8 Å². The van der Waals surface area contributed by atoms with Crippen molar-refractivity contribution in [1.29, 1.82) is 0 Å². The van der Waals surface area contributed by atoms with E-state index in [2.05, 4.69) is 29.1 Å². The van der Waals surface area contributed by atoms with Crippen molar-refractivity contribution >= 4 is 29.9 Å². The molecule has 2 aliphatic heterocycles. The molecule has 1 N–H and O–H groups in total. The predicted molar refractivity (Wildman–Crippen MR) is 119 cm³/mol. The van der Waals surface area contributed by atoms with Gasteiger partial charge >= 0.3 is 0 Å². The van der Waals surface area contributed by atoms with Gasteiger partial charge in [-0.3, -0.25) is 4.99 Å². The third-order valence-electron chi connectivity index (χ3n) is 5.25. The smallest absolute Gasteiger partial charge is 0.193 e. The standard InChI is InChI=1S/C20H32N4O.HI/c1-3-21-20(22-16-17-8-7-13-23(17)2)24-14-11-19(12-15-24)25-18-9-5-4-6-10-18;/h4-6,9-10,17,19H,3,7-8,11-16H2,1-2H3,(H,21,22);1H. The summed E-state index contributed by atoms with van der Waals surface area (Å²) in [6.07, 6.45) is 4.97. The molecule has 0 saturated carbocycles. The summed E-state index contributed by atoms with van der Waals surface area (Å²) in [7, 11) is 2.21. The van der Waals surface area contributed by atoms with E-state index in [0.717, 1.165) is 50.7 Å². The first kappa shape index (κ1) is 21.3. The number of hydrogen-bond acceptors (Lipinski definition) is 3. The Bertz CT molecular complexity index is 546. The quantitative estimate of drug-likeness (QED) is 0.406. The molecule has 146 valence electrons. The summed E-state index contributed by atoms with van der Waals surface area (Å²) in [4.78, 5) is 9.76. The van der Waals surface area contributed by atoms with Crippen molar-refractivity contribution in [2.24, 2.45) is 4.99 Å². The fraction of sp³-hybridized carbons (Fsp3) is 0.650. The Morgan fingerprint density at radius 3 is 2.50 bits per heavy atom. The van der Waals surface area contributed by atoms with Gasteiger partial charge in [-0.2, -0.15) is 0 Å². The van der Waals surface area contributed by atoms with Crippen LogP contribution in [0.2, 0.25) is 0 Å². The fourth-order valence-electron chi connectivity index (χ4n) is 3.70. The zero-order valence-electron chi connectivity index (χ0n) is 16.1. The van der Waals surface area contributed by atoms with Gasteiger partial charge in [0.25, 0.3) is 0 Å². The second-order valence-corrected chi connectivity index (χ2v) is 7.09. The van der Waals surface area contributed by atoms with E-state index in [1.54, 1.807) is 0 Å². The minimum atomic E-state index is 0. The van der Waals surface area contributed by atoms with E-state index in [1.165, 1.54) is 19.4 Å². The molecule has 1 unspecified atom stereocenters. The SMILES string of the molecule is CCNC(=NCC1CCCN1C)N1CCC(Oc2ccccc2)CC1.I. The summed E-state index contributed by atoms with van der Waals surface area (Å²) in [6, 6.07) is 10.8. The van der Waals surface area contributed by atoms with Gasteiger partial charge < -0.3 is 19.9 Å². The number of guanidine groups is 1. The number of nitrogens with one attached hydrogen (secondary N) is 1. The number of likely N-dealkylation sites (N-methyl/N-ethyl adjacent to an activating group) is 1. The number of benzene rings is 1. The highest BCUT2D eigenvalue weighted by molar-refractivity contribution is 14.0. The molecule has 1 atom stereocenters. The highest BCUT2D eigenvalue weighted by Gasteiger charge is 2.24. The van der Waals surface area contributed by atoms with E-state index in [9.17, 15) is 0 Å². The molecule has 1 aromatic rings. The van der Waals surface area contributed by atoms with Gasteiger partial charge in [0.2, 0.25) is 0 Å². The lowest BCUT2D eigenvalue weighted by atomic mass is 10.1. The average Bonchev–Trinajstić information content (AvgIpc) is 3.05. The Hall–Kier alpha value is -1.02. The summed E-state index contributed by atoms with van der Waals surface area (Å²) in [5.41, 5.74) is 0. The molecule has 1 aromatic carbocycles. The van der Waals surface area contributed by atoms with Crippen molar-refractivity contribution in [3.05, 3.63) is 30.3 Å². The molecule has 0 spiro atoms. The summed E-state index contributed by atoms with van der Waals surface area (Å²) >= 11 is 0. The van der Waals surface area contributed by atoms with Gasteiger partial charge in [0.15, 0.2) is 5.96 Å². The number of hydrogen-bond donors (Lipinski definition) is 1. The Labute approximate surface area is 175 Å². The molecule has 0 amide bonds. The van der Waals surface area contributed by atoms with Gasteiger partial charge in [-0.25, -0.2) is 0 Å². The third-order valence-corrected chi connectivity index (χ3v) is 5.25. The van der Waals surface area contributed by atoms with E-state index in [0.29, 0.717) is 12.1 Å². The van der Waals surface area contributed by atoms with Crippen LogP contribution in [-0.4, -0.2) is 67.7 Å². The monoisotopic (exact) mass is 472 g/mol. The third kappa shape index (κ3) is 6.01. The molecular formula is C20H33IN4O. The van der Waals surface area contributed by atoms with Gasteiger partial charge in [-0.1, -0.05) is 18.2 Å². The van der Waals surface area contributed by atoms with Crippen molar-refractivity contribution in [3.63, 3.8) is 0 Å². The molecule has 0 aromatic heterocycles. The summed E-state index contributed by atoms with van der Waals surface area (Å²) < 4.78 is 6.11. The van der Waals surface area contributed by atoms with Crippen LogP contribution in [0.3, 0.4) is 0 Å². The number of aliphatic imine (C=N–C) groups is 1. The first-order valence-electron chi connectivity index (χ1n) is 9.71. The van der Waals surface area contributed by atoms with E-state index in [-0.39, 0.29) is 24.0 Å². The first-order chi connectivity index (χ1) is 12.3. The molecular weight excluding hydrogens is 439 g/mol. The van der Waals surface area contributed by atoms with Crippen molar-refractivity contribution in [1.82, 2.24) is 15.1 Å². The van der Waals surface area contributed by atoms with Crippen LogP contribution in [0.5, 0.6) is 5.75 Å². The summed E-state index contributed by atoms with van der Waals surface area (Å²) in [6.45, 7) is 7.17. The predicted octanol–water partition coefficient (Wildman–Crippen LogP) is 3.21. The van der Waals surface area contributed by atoms with Crippen LogP contribution in [0.1, 0.15) is 32.6 Å². The van der Waals surface area contributed by atoms with Crippen LogP contribution in [0, 0.1) is 0 Å². The van der Waals surface area contributed by atoms with E-state index in [4.69, 9.17) is 9.73 Å². The Balaban J connectivity index is 0.00000243. The zero-order chi connectivity index (χ0) is 17.5. The lowest BCUT2D eigenvalue weighted by Gasteiger charge is -2.34. The summed E-state index contributed by atoms with van der Waals surface area (Å²) in [5.74, 6) is 2.05. The first-order valence-corrected chi connectivity index (χ1v) is 9.71. The maximum Gasteiger partial charge on any atom is 0.193 e. The average molecular weight is 472 g/mol. The van der Waals surface area contributed by atoms with Crippen molar-refractivity contribution in [2.45, 2.75) is 44.8 Å². The van der Waals surface area contributed by atoms with E-state index < -0.39 is 0 Å². The Kier molecular flexibility index (Phi) is 8.98. The molecule has 3 rings (SSSR count). The number of rotatable bonds is 5. The van der Waals surface area contributed by atoms with Crippen LogP contribution < -0.4 is 10.1 Å². The van der Waals surface area contributed by atoms with E-state index >= 15 is 0 Å². The normalized spacial score (nSPS) is 22.2. The Morgan fingerprint density at radius 1 is 1.15 bits per heavy atom. The Morgan fingerprint density at radius 2 is 1.88 bits per heavy atom. The fourth-order valence-corrected chi connectivity index (χ4v) is 3.70. The van der Waals surface area contributed by atoms with Gasteiger partial charge in [0, 0.05) is 38.5 Å². The van der Waals surface area contributed by atoms with Gasteiger partial charge in [0.05, 0.1) is 6.54 Å². The van der Waals surface area contributed by atoms with Crippen molar-refractivity contribution in [3.8, 4) is 5.75 Å². The van der Waals surface area contributed by atoms with Crippen LogP contribution in [0.4, 0.5) is 0 Å². The topological polar surface area (TPSA) is 40.1 Å². The van der Waals surface area contributed by atoms with Crippen LogP contribution in [-0.2, 0) is 0 Å². The number of nitrogens with zero attached hydrogens (tertiary/aromatic N) is 3. The largest absolute Gasteiger partial charge is 0.490 e. The van der Waals surface area contributed by atoms with E-state index in [1.807, 2.05) is 30.3 Å². The molecule has 2 heterocycles. The molecule has 2 saturated heterocycles. The van der Waals surface area contributed by atoms with Crippen molar-refractivity contribution < 1.29 is 4.74 Å². The minimum absolute atomic E-state index is 0. The number of ether oxygens (including phenoxy) is 1. The van der Waals surface area contributed by atoms with Crippen LogP contribution in [0.15, 0.2) is 35.3 Å². The van der Waals surface area contributed by atoms with Crippen LogP contribution in [0.25, 0.3) is 0 Å². The van der Waals surface area contributed by atoms with Gasteiger partial charge in [-0.15, -0.1) is 24.0 Å². The molecule has 0 bridgehead atoms. The molecule has 2 aliphatic rings. The molecule has 0 radical (unpaired) electrons. The number of halogens is 1. The minimum Gasteiger partial charge on any atom is -0.490 e. The van der Waals surface area contributed by atoms with Crippen LogP contribution >= 0.6 is 24.0 Å². The second-order valence-electron chi connectivity index (χ2n) is 7.09. The lowest BCUT2D eigenvalue weighted by molar-refractivity contribution is 0.129. The molecule has 5 nitrogen and oxygen atoms in total. The highest BCUT2D eigenvalue weighted by Crippen LogP contribution is 2.19. The molecule has 0 aliphatic carbocycles. The van der Waals surface area contributed by atoms with Gasteiger partial charge in [-0.05, 0) is 45.5 Å². The summed E-state index contributed by atoms with van der Waals surface area (Å²) in [5, 5.41) is 3.47. The number of likely N-dealkylation sites (tertiary alicyclic amines) is 2. The maximum absolute atomic E-state index is 6.11. The molecule has 2 fully saturated rings. The highest BCUT2D eigenvalue weighted by atomic mass is 127. The second kappa shape index (κ2) is 11.0. The lowest BCUT2D eigenvalue weighted by Crippen LogP contribution is -2.48.